The number of nitrogens with one attached hydrogen (secondary N) is 2. The first kappa shape index (κ1) is 16.9. The maximum Gasteiger partial charge on any atom is 0.255 e. The number of carbonyl (C=O) groups is 1. The first-order chi connectivity index (χ1) is 13.0. The number of hydrogen-bond acceptors (Lipinski definition) is 5. The molecule has 1 aromatic carbocycles. The molecular formula is C19H18N6O2. The molecule has 4 aromatic rings. The average Bonchev–Trinajstić information content (AvgIpc) is 3.04. The number of rotatable bonds is 4. The molecule has 0 atom stereocenters. The van der Waals surface area contributed by atoms with E-state index >= 15 is 0 Å². The molecule has 0 aliphatic rings. The second-order valence-corrected chi connectivity index (χ2v) is 6.39. The number of hydrogen-bond donors (Lipinski definition) is 2. The third-order valence-corrected chi connectivity index (χ3v) is 4.39. The maximum atomic E-state index is 12.6. The van der Waals surface area contributed by atoms with E-state index in [1.165, 1.54) is 6.07 Å². The number of amides is 1. The molecule has 27 heavy (non-hydrogen) atoms. The SMILES string of the molecule is Cc1cc(C)n2c(CCNC(=O)c3cc(=O)[nH]c4ccccc34)nnc2n1. The van der Waals surface area contributed by atoms with Gasteiger partial charge in [0.25, 0.3) is 11.7 Å². The Hall–Kier alpha value is -3.55. The predicted octanol–water partition coefficient (Wildman–Crippen LogP) is 1.56. The van der Waals surface area contributed by atoms with Crippen LogP contribution < -0.4 is 10.9 Å². The summed E-state index contributed by atoms with van der Waals surface area (Å²) in [6.07, 6.45) is 0.500. The molecule has 0 saturated heterocycles. The van der Waals surface area contributed by atoms with Gasteiger partial charge in [0.15, 0.2) is 0 Å². The average molecular weight is 362 g/mol. The molecule has 0 aliphatic heterocycles. The molecule has 0 spiro atoms. The van der Waals surface area contributed by atoms with E-state index in [0.717, 1.165) is 17.2 Å². The van der Waals surface area contributed by atoms with Gasteiger partial charge in [0.1, 0.15) is 5.82 Å². The molecule has 1 amide bonds. The monoisotopic (exact) mass is 362 g/mol. The van der Waals surface area contributed by atoms with Crippen LogP contribution in [0.1, 0.15) is 27.6 Å². The van der Waals surface area contributed by atoms with Gasteiger partial charge in [-0.15, -0.1) is 10.2 Å². The molecule has 0 aliphatic carbocycles. The van der Waals surface area contributed by atoms with Gasteiger partial charge in [0.2, 0.25) is 5.56 Å². The van der Waals surface area contributed by atoms with Gasteiger partial charge in [-0.3, -0.25) is 14.0 Å². The Morgan fingerprint density at radius 1 is 1.19 bits per heavy atom. The molecule has 0 fully saturated rings. The van der Waals surface area contributed by atoms with Crippen LogP contribution in [0, 0.1) is 13.8 Å². The third-order valence-electron chi connectivity index (χ3n) is 4.39. The topological polar surface area (TPSA) is 105 Å². The number of pyridine rings is 1. The molecule has 3 heterocycles. The van der Waals surface area contributed by atoms with Crippen LogP contribution in [0.3, 0.4) is 0 Å². The van der Waals surface area contributed by atoms with E-state index in [9.17, 15) is 9.59 Å². The number of H-pyrrole nitrogens is 1. The Morgan fingerprint density at radius 2 is 2.00 bits per heavy atom. The van der Waals surface area contributed by atoms with Crippen LogP contribution in [-0.2, 0) is 6.42 Å². The van der Waals surface area contributed by atoms with Gasteiger partial charge < -0.3 is 10.3 Å². The Balaban J connectivity index is 1.54. The van der Waals surface area contributed by atoms with Crippen LogP contribution in [0.25, 0.3) is 16.7 Å². The number of carbonyl (C=O) groups excluding carboxylic acids is 1. The number of aromatic nitrogens is 5. The zero-order valence-electron chi connectivity index (χ0n) is 15.0. The molecule has 8 heteroatoms. The quantitative estimate of drug-likeness (QED) is 0.573. The van der Waals surface area contributed by atoms with Crippen LogP contribution in [-0.4, -0.2) is 37.0 Å². The van der Waals surface area contributed by atoms with E-state index in [2.05, 4.69) is 25.5 Å². The van der Waals surface area contributed by atoms with E-state index in [0.29, 0.717) is 35.2 Å². The molecule has 136 valence electrons. The number of fused-ring (bicyclic) bond motifs is 2. The molecular weight excluding hydrogens is 344 g/mol. The molecule has 0 unspecified atom stereocenters. The highest BCUT2D eigenvalue weighted by molar-refractivity contribution is 6.05. The van der Waals surface area contributed by atoms with Gasteiger partial charge in [0, 0.05) is 41.3 Å². The minimum Gasteiger partial charge on any atom is -0.352 e. The van der Waals surface area contributed by atoms with Crippen molar-refractivity contribution in [2.75, 3.05) is 6.54 Å². The van der Waals surface area contributed by atoms with Gasteiger partial charge in [0.05, 0.1) is 5.56 Å². The lowest BCUT2D eigenvalue weighted by atomic mass is 10.1. The minimum atomic E-state index is -0.306. The highest BCUT2D eigenvalue weighted by Crippen LogP contribution is 2.14. The summed E-state index contributed by atoms with van der Waals surface area (Å²) >= 11 is 0. The van der Waals surface area contributed by atoms with Crippen LogP contribution in [0.4, 0.5) is 0 Å². The summed E-state index contributed by atoms with van der Waals surface area (Å²) in [6, 6.07) is 10.5. The molecule has 3 aromatic heterocycles. The molecule has 0 radical (unpaired) electrons. The van der Waals surface area contributed by atoms with Crippen molar-refractivity contribution >= 4 is 22.6 Å². The van der Waals surface area contributed by atoms with E-state index in [-0.39, 0.29) is 11.5 Å². The van der Waals surface area contributed by atoms with Crippen molar-refractivity contribution in [3.05, 3.63) is 69.5 Å². The van der Waals surface area contributed by atoms with Crippen molar-refractivity contribution in [2.45, 2.75) is 20.3 Å². The summed E-state index contributed by atoms with van der Waals surface area (Å²) in [6.45, 7) is 4.25. The second kappa shape index (κ2) is 6.64. The lowest BCUT2D eigenvalue weighted by Crippen LogP contribution is -2.27. The standard InChI is InChI=1S/C19H18N6O2/c1-11-9-12(2)25-16(23-24-19(25)21-11)7-8-20-18(27)14-10-17(26)22-15-6-4-3-5-13(14)15/h3-6,9-10H,7-8H2,1-2H3,(H,20,27)(H,22,26). The third kappa shape index (κ3) is 3.17. The molecule has 0 bridgehead atoms. The van der Waals surface area contributed by atoms with Crippen molar-refractivity contribution in [1.82, 2.24) is 29.9 Å². The zero-order valence-corrected chi connectivity index (χ0v) is 15.0. The number of para-hydroxylation sites is 1. The van der Waals surface area contributed by atoms with E-state index in [1.54, 1.807) is 6.07 Å². The first-order valence-electron chi connectivity index (χ1n) is 8.61. The van der Waals surface area contributed by atoms with Crippen molar-refractivity contribution < 1.29 is 4.79 Å². The van der Waals surface area contributed by atoms with Crippen LogP contribution in [0.2, 0.25) is 0 Å². The first-order valence-corrected chi connectivity index (χ1v) is 8.61. The number of benzene rings is 1. The van der Waals surface area contributed by atoms with E-state index in [4.69, 9.17) is 0 Å². The largest absolute Gasteiger partial charge is 0.352 e. The van der Waals surface area contributed by atoms with Gasteiger partial charge >= 0.3 is 0 Å². The highest BCUT2D eigenvalue weighted by atomic mass is 16.2. The fraction of sp³-hybridized carbons (Fsp3) is 0.211. The summed E-state index contributed by atoms with van der Waals surface area (Å²) in [5, 5.41) is 11.8. The van der Waals surface area contributed by atoms with Crippen molar-refractivity contribution in [1.29, 1.82) is 0 Å². The maximum absolute atomic E-state index is 12.6. The van der Waals surface area contributed by atoms with Crippen molar-refractivity contribution in [3.63, 3.8) is 0 Å². The summed E-state index contributed by atoms with van der Waals surface area (Å²) in [7, 11) is 0. The van der Waals surface area contributed by atoms with Crippen LogP contribution in [0.5, 0.6) is 0 Å². The van der Waals surface area contributed by atoms with E-state index < -0.39 is 0 Å². The normalized spacial score (nSPS) is 11.2. The smallest absolute Gasteiger partial charge is 0.255 e. The summed E-state index contributed by atoms with van der Waals surface area (Å²) < 4.78 is 1.88. The Labute approximate surface area is 154 Å². The summed E-state index contributed by atoms with van der Waals surface area (Å²) in [4.78, 5) is 31.5. The Bertz CT molecular complexity index is 1220. The van der Waals surface area contributed by atoms with Gasteiger partial charge in [-0.2, -0.15) is 0 Å². The van der Waals surface area contributed by atoms with Crippen LogP contribution in [0.15, 0.2) is 41.2 Å². The fourth-order valence-corrected chi connectivity index (χ4v) is 3.24. The molecule has 8 nitrogen and oxygen atoms in total. The molecule has 2 N–H and O–H groups in total. The summed E-state index contributed by atoms with van der Waals surface area (Å²) in [5.74, 6) is 0.984. The number of aromatic amines is 1. The Kier molecular flexibility index (Phi) is 4.15. The fourth-order valence-electron chi connectivity index (χ4n) is 3.24. The predicted molar refractivity (Wildman–Crippen MR) is 101 cm³/mol. The van der Waals surface area contributed by atoms with Gasteiger partial charge in [-0.05, 0) is 26.0 Å². The molecule has 4 rings (SSSR count). The highest BCUT2D eigenvalue weighted by Gasteiger charge is 2.13. The van der Waals surface area contributed by atoms with E-state index in [1.807, 2.05) is 42.5 Å². The molecule has 0 saturated carbocycles. The van der Waals surface area contributed by atoms with Gasteiger partial charge in [-0.25, -0.2) is 4.98 Å². The van der Waals surface area contributed by atoms with Gasteiger partial charge in [-0.1, -0.05) is 18.2 Å². The lowest BCUT2D eigenvalue weighted by Gasteiger charge is -2.08. The summed E-state index contributed by atoms with van der Waals surface area (Å²) in [5.41, 5.74) is 2.56. The zero-order chi connectivity index (χ0) is 19.0. The van der Waals surface area contributed by atoms with Crippen molar-refractivity contribution in [2.24, 2.45) is 0 Å². The second-order valence-electron chi connectivity index (χ2n) is 6.39. The van der Waals surface area contributed by atoms with Crippen molar-refractivity contribution in [3.8, 4) is 0 Å². The number of aryl methyl sites for hydroxylation is 2. The lowest BCUT2D eigenvalue weighted by molar-refractivity contribution is 0.0955. The Morgan fingerprint density at radius 3 is 2.85 bits per heavy atom. The van der Waals surface area contributed by atoms with Crippen LogP contribution >= 0.6 is 0 Å². The minimum absolute atomic E-state index is 0.295. The number of nitrogens with zero attached hydrogens (tertiary/aromatic N) is 4.